The highest BCUT2D eigenvalue weighted by atomic mass is 35.5. The van der Waals surface area contributed by atoms with E-state index in [0.717, 1.165) is 11.1 Å². The molecule has 5 nitrogen and oxygen atoms in total. The van der Waals surface area contributed by atoms with Gasteiger partial charge in [0, 0.05) is 22.4 Å². The number of carboxylic acid groups (broad SMARTS) is 1. The summed E-state index contributed by atoms with van der Waals surface area (Å²) < 4.78 is 0. The van der Waals surface area contributed by atoms with E-state index in [0.29, 0.717) is 20.7 Å². The van der Waals surface area contributed by atoms with Crippen molar-refractivity contribution in [2.75, 3.05) is 0 Å². The number of aromatic nitrogens is 1. The number of thiazole rings is 1. The molecule has 0 fully saturated rings. The predicted octanol–water partition coefficient (Wildman–Crippen LogP) is 4.86. The summed E-state index contributed by atoms with van der Waals surface area (Å²) >= 11 is 13.5. The fourth-order valence-electron chi connectivity index (χ4n) is 2.87. The minimum Gasteiger partial charge on any atom is -0.480 e. The van der Waals surface area contributed by atoms with Crippen LogP contribution >= 0.6 is 34.5 Å². The Balaban J connectivity index is 1.71. The number of halogens is 2. The third-order valence-electron chi connectivity index (χ3n) is 4.34. The second-order valence-corrected chi connectivity index (χ2v) is 8.49. The zero-order valence-corrected chi connectivity index (χ0v) is 17.8. The number of rotatable bonds is 7. The Morgan fingerprint density at radius 1 is 1.17 bits per heavy atom. The van der Waals surface area contributed by atoms with E-state index in [4.69, 9.17) is 23.2 Å². The van der Waals surface area contributed by atoms with E-state index in [1.807, 2.05) is 30.3 Å². The molecular formula is C21H18Cl2N2O3S. The normalized spacial score (nSPS) is 12.9. The number of carbonyl (C=O) groups excluding carboxylic acids is 1. The van der Waals surface area contributed by atoms with E-state index < -0.39 is 17.4 Å². The van der Waals surface area contributed by atoms with Crippen LogP contribution in [0.25, 0.3) is 10.6 Å². The SMILES string of the molecule is CC(Cc1ccccc1)(NC(=O)Cc1csc(-c2ccc(Cl)cc2Cl)n1)C(=O)O. The first-order valence-electron chi connectivity index (χ1n) is 8.75. The Bertz CT molecular complexity index is 1040. The molecule has 0 saturated carbocycles. The topological polar surface area (TPSA) is 79.3 Å². The molecule has 2 N–H and O–H groups in total. The molecule has 1 amide bonds. The van der Waals surface area contributed by atoms with Gasteiger partial charge in [0.05, 0.1) is 17.1 Å². The number of nitrogens with zero attached hydrogens (tertiary/aromatic N) is 1. The Morgan fingerprint density at radius 2 is 1.90 bits per heavy atom. The average molecular weight is 449 g/mol. The first-order chi connectivity index (χ1) is 13.8. The van der Waals surface area contributed by atoms with Gasteiger partial charge in [-0.2, -0.15) is 0 Å². The van der Waals surface area contributed by atoms with E-state index in [1.54, 1.807) is 23.6 Å². The molecule has 1 heterocycles. The molecule has 0 aliphatic rings. The lowest BCUT2D eigenvalue weighted by Crippen LogP contribution is -2.54. The summed E-state index contributed by atoms with van der Waals surface area (Å²) in [6, 6.07) is 14.3. The zero-order valence-electron chi connectivity index (χ0n) is 15.5. The molecule has 29 heavy (non-hydrogen) atoms. The predicted molar refractivity (Wildman–Crippen MR) is 116 cm³/mol. The summed E-state index contributed by atoms with van der Waals surface area (Å²) in [5.41, 5.74) is 0.677. The third-order valence-corrected chi connectivity index (χ3v) is 5.81. The molecule has 1 aromatic heterocycles. The fraction of sp³-hybridized carbons (Fsp3) is 0.190. The quantitative estimate of drug-likeness (QED) is 0.540. The molecule has 0 aliphatic carbocycles. The Hall–Kier alpha value is -2.41. The monoisotopic (exact) mass is 448 g/mol. The van der Waals surface area contributed by atoms with Gasteiger partial charge in [0.15, 0.2) is 0 Å². The molecule has 0 radical (unpaired) electrons. The third kappa shape index (κ3) is 5.35. The molecule has 1 atom stereocenters. The number of carboxylic acids is 1. The number of aliphatic carboxylic acids is 1. The molecule has 3 rings (SSSR count). The van der Waals surface area contributed by atoms with Gasteiger partial charge in [-0.1, -0.05) is 53.5 Å². The molecule has 0 spiro atoms. The van der Waals surface area contributed by atoms with Crippen molar-refractivity contribution >= 4 is 46.4 Å². The first-order valence-corrected chi connectivity index (χ1v) is 10.4. The van der Waals surface area contributed by atoms with Crippen LogP contribution in [0, 0.1) is 0 Å². The van der Waals surface area contributed by atoms with Crippen LogP contribution in [0.1, 0.15) is 18.2 Å². The van der Waals surface area contributed by atoms with Gasteiger partial charge < -0.3 is 10.4 Å². The van der Waals surface area contributed by atoms with Crippen LogP contribution in [0.2, 0.25) is 10.0 Å². The van der Waals surface area contributed by atoms with Gasteiger partial charge in [-0.05, 0) is 30.7 Å². The number of carbonyl (C=O) groups is 2. The highest BCUT2D eigenvalue weighted by Crippen LogP contribution is 2.32. The van der Waals surface area contributed by atoms with Gasteiger partial charge in [0.25, 0.3) is 0 Å². The van der Waals surface area contributed by atoms with Crippen molar-refractivity contribution in [3.8, 4) is 10.6 Å². The van der Waals surface area contributed by atoms with Gasteiger partial charge in [-0.25, -0.2) is 9.78 Å². The maximum absolute atomic E-state index is 12.5. The lowest BCUT2D eigenvalue weighted by molar-refractivity contribution is -0.146. The van der Waals surface area contributed by atoms with Crippen LogP contribution in [0.3, 0.4) is 0 Å². The lowest BCUT2D eigenvalue weighted by Gasteiger charge is -2.26. The van der Waals surface area contributed by atoms with Gasteiger partial charge >= 0.3 is 5.97 Å². The molecule has 0 bridgehead atoms. The van der Waals surface area contributed by atoms with Crippen LogP contribution in [0.4, 0.5) is 0 Å². The Kier molecular flexibility index (Phi) is 6.57. The molecule has 150 valence electrons. The first kappa shape index (κ1) is 21.3. The van der Waals surface area contributed by atoms with Crippen LogP contribution in [-0.2, 0) is 22.4 Å². The molecule has 8 heteroatoms. The summed E-state index contributed by atoms with van der Waals surface area (Å²) in [6.45, 7) is 1.50. The number of nitrogens with one attached hydrogen (secondary N) is 1. The van der Waals surface area contributed by atoms with E-state index in [2.05, 4.69) is 10.3 Å². The van der Waals surface area contributed by atoms with Crippen LogP contribution in [0.15, 0.2) is 53.9 Å². The number of amides is 1. The number of hydrogen-bond donors (Lipinski definition) is 2. The van der Waals surface area contributed by atoms with Crippen molar-refractivity contribution in [3.63, 3.8) is 0 Å². The van der Waals surface area contributed by atoms with Crippen LogP contribution < -0.4 is 5.32 Å². The molecule has 0 saturated heterocycles. The highest BCUT2D eigenvalue weighted by Gasteiger charge is 2.35. The average Bonchev–Trinajstić information content (AvgIpc) is 3.10. The molecule has 2 aromatic carbocycles. The summed E-state index contributed by atoms with van der Waals surface area (Å²) in [7, 11) is 0. The largest absolute Gasteiger partial charge is 0.480 e. The van der Waals surface area contributed by atoms with Crippen LogP contribution in [-0.4, -0.2) is 27.5 Å². The van der Waals surface area contributed by atoms with E-state index in [9.17, 15) is 14.7 Å². The van der Waals surface area contributed by atoms with Gasteiger partial charge in [-0.3, -0.25) is 4.79 Å². The van der Waals surface area contributed by atoms with Crippen molar-refractivity contribution in [1.29, 1.82) is 0 Å². The number of benzene rings is 2. The van der Waals surface area contributed by atoms with E-state index >= 15 is 0 Å². The smallest absolute Gasteiger partial charge is 0.329 e. The van der Waals surface area contributed by atoms with E-state index in [1.165, 1.54) is 18.3 Å². The summed E-state index contributed by atoms with van der Waals surface area (Å²) in [4.78, 5) is 28.8. The Labute approximate surface area is 182 Å². The summed E-state index contributed by atoms with van der Waals surface area (Å²) in [5.74, 6) is -1.51. The maximum atomic E-state index is 12.5. The molecule has 3 aromatic rings. The van der Waals surface area contributed by atoms with Crippen molar-refractivity contribution in [2.24, 2.45) is 0 Å². The van der Waals surface area contributed by atoms with Crippen molar-refractivity contribution < 1.29 is 14.7 Å². The molecule has 0 aliphatic heterocycles. The maximum Gasteiger partial charge on any atom is 0.329 e. The van der Waals surface area contributed by atoms with Gasteiger partial charge in [0.2, 0.25) is 5.91 Å². The molecular weight excluding hydrogens is 431 g/mol. The zero-order chi connectivity index (χ0) is 21.0. The minimum absolute atomic E-state index is 0.0284. The van der Waals surface area contributed by atoms with Crippen molar-refractivity contribution in [1.82, 2.24) is 10.3 Å². The lowest BCUT2D eigenvalue weighted by atomic mass is 9.92. The van der Waals surface area contributed by atoms with Gasteiger partial charge in [0.1, 0.15) is 10.5 Å². The fourth-order valence-corrected chi connectivity index (χ4v) is 4.28. The highest BCUT2D eigenvalue weighted by molar-refractivity contribution is 7.13. The summed E-state index contributed by atoms with van der Waals surface area (Å²) in [5, 5.41) is 15.7. The van der Waals surface area contributed by atoms with Crippen molar-refractivity contribution in [3.05, 3.63) is 75.2 Å². The van der Waals surface area contributed by atoms with E-state index in [-0.39, 0.29) is 12.8 Å². The minimum atomic E-state index is -1.42. The number of hydrogen-bond acceptors (Lipinski definition) is 4. The summed E-state index contributed by atoms with van der Waals surface area (Å²) in [6.07, 6.45) is 0.150. The van der Waals surface area contributed by atoms with Crippen molar-refractivity contribution in [2.45, 2.75) is 25.3 Å². The molecule has 1 unspecified atom stereocenters. The second-order valence-electron chi connectivity index (χ2n) is 6.79. The van der Waals surface area contributed by atoms with Gasteiger partial charge in [-0.15, -0.1) is 11.3 Å². The Morgan fingerprint density at radius 3 is 2.55 bits per heavy atom. The second kappa shape index (κ2) is 8.95. The van der Waals surface area contributed by atoms with Crippen LogP contribution in [0.5, 0.6) is 0 Å². The standard InChI is InChI=1S/C21H18Cl2N2O3S/c1-21(20(27)28,11-13-5-3-2-4-6-13)25-18(26)10-15-12-29-19(24-15)16-8-7-14(22)9-17(16)23/h2-9,12H,10-11H2,1H3,(H,25,26)(H,27,28).